The minimum Gasteiger partial charge on any atom is -0.465 e. The maximum Gasteiger partial charge on any atom is 0.407 e. The van der Waals surface area contributed by atoms with Crippen LogP contribution in [-0.2, 0) is 0 Å². The lowest BCUT2D eigenvalue weighted by atomic mass is 9.89. The van der Waals surface area contributed by atoms with Crippen molar-refractivity contribution in [1.29, 1.82) is 0 Å². The van der Waals surface area contributed by atoms with Gasteiger partial charge in [-0.3, -0.25) is 9.69 Å². The third-order valence-electron chi connectivity index (χ3n) is 6.90. The number of carbonyl (C=O) groups excluding carboxylic acids is 1. The molecule has 1 saturated heterocycles. The van der Waals surface area contributed by atoms with Gasteiger partial charge in [0.05, 0.1) is 16.3 Å². The Morgan fingerprint density at radius 2 is 1.76 bits per heavy atom. The van der Waals surface area contributed by atoms with Gasteiger partial charge >= 0.3 is 6.09 Å². The number of hydrogen-bond donors (Lipinski definition) is 2. The Labute approximate surface area is 196 Å². The van der Waals surface area contributed by atoms with Gasteiger partial charge in [-0.1, -0.05) is 18.2 Å². The Hall–Kier alpha value is -2.91. The summed E-state index contributed by atoms with van der Waals surface area (Å²) in [6, 6.07) is 12.6. The highest BCUT2D eigenvalue weighted by atomic mass is 32.1. The molecule has 1 aromatic carbocycles. The molecule has 0 radical (unpaired) electrons. The third-order valence-corrected chi connectivity index (χ3v) is 8.01. The fraction of sp³-hybridized carbons (Fsp3) is 0.458. The maximum atomic E-state index is 13.0. The molecule has 2 fully saturated rings. The zero-order valence-corrected chi connectivity index (χ0v) is 19.6. The molecule has 2 N–H and O–H groups in total. The maximum absolute atomic E-state index is 13.0. The second-order valence-corrected chi connectivity index (χ2v) is 9.98. The largest absolute Gasteiger partial charge is 0.465 e. The van der Waals surface area contributed by atoms with Gasteiger partial charge in [0.15, 0.2) is 0 Å². The Bertz CT molecular complexity index is 1140. The van der Waals surface area contributed by atoms with Gasteiger partial charge in [0.25, 0.3) is 5.91 Å². The van der Waals surface area contributed by atoms with Crippen LogP contribution < -0.4 is 5.32 Å². The molecule has 1 saturated carbocycles. The van der Waals surface area contributed by atoms with Crippen molar-refractivity contribution in [3.05, 3.63) is 47.0 Å². The number of fused-ring (bicyclic) bond motifs is 1. The van der Waals surface area contributed by atoms with Crippen molar-refractivity contribution in [1.82, 2.24) is 24.9 Å². The van der Waals surface area contributed by atoms with Gasteiger partial charge in [-0.15, -0.1) is 11.3 Å². The first-order chi connectivity index (χ1) is 16.0. The highest BCUT2D eigenvalue weighted by Crippen LogP contribution is 2.31. The van der Waals surface area contributed by atoms with Crippen molar-refractivity contribution in [3.8, 4) is 5.69 Å². The molecule has 1 aliphatic heterocycles. The van der Waals surface area contributed by atoms with E-state index in [0.717, 1.165) is 65.2 Å². The van der Waals surface area contributed by atoms with Crippen molar-refractivity contribution in [2.75, 3.05) is 26.2 Å². The standard InChI is InChI=1S/C24H29N5O3S/c1-16-20-15-21(33-23(20)29(26-16)19-5-3-2-4-6-19)22(30)25-17-7-9-18(10-8-17)27-11-13-28(14-12-27)24(31)32/h2-6,15,17-18H,7-14H2,1H3,(H,25,30)(H,31,32). The lowest BCUT2D eigenvalue weighted by molar-refractivity contribution is 0.0681. The number of nitrogens with zero attached hydrogens (tertiary/aromatic N) is 4. The van der Waals surface area contributed by atoms with Crippen LogP contribution in [0.4, 0.5) is 4.79 Å². The van der Waals surface area contributed by atoms with E-state index in [1.807, 2.05) is 48.0 Å². The predicted octanol–water partition coefficient (Wildman–Crippen LogP) is 3.73. The smallest absolute Gasteiger partial charge is 0.407 e. The number of amides is 2. The van der Waals surface area contributed by atoms with Crippen LogP contribution in [0.1, 0.15) is 41.0 Å². The van der Waals surface area contributed by atoms with Crippen molar-refractivity contribution in [2.45, 2.75) is 44.7 Å². The number of nitrogens with one attached hydrogen (secondary N) is 1. The highest BCUT2D eigenvalue weighted by Gasteiger charge is 2.30. The van der Waals surface area contributed by atoms with E-state index in [0.29, 0.717) is 19.1 Å². The van der Waals surface area contributed by atoms with E-state index in [1.54, 1.807) is 0 Å². The molecule has 2 aliphatic rings. The number of aromatic nitrogens is 2. The molecule has 1 aliphatic carbocycles. The summed E-state index contributed by atoms with van der Waals surface area (Å²) in [5, 5.41) is 18.1. The number of carbonyl (C=O) groups is 2. The molecule has 2 amide bonds. The minimum atomic E-state index is -0.825. The summed E-state index contributed by atoms with van der Waals surface area (Å²) < 4.78 is 1.92. The zero-order chi connectivity index (χ0) is 22.9. The van der Waals surface area contributed by atoms with Crippen LogP contribution in [0.15, 0.2) is 36.4 Å². The fourth-order valence-corrected chi connectivity index (χ4v) is 6.11. The van der Waals surface area contributed by atoms with E-state index in [4.69, 9.17) is 5.11 Å². The minimum absolute atomic E-state index is 0.00580. The van der Waals surface area contributed by atoms with Gasteiger partial charge in [-0.25, -0.2) is 9.48 Å². The monoisotopic (exact) mass is 467 g/mol. The molecule has 33 heavy (non-hydrogen) atoms. The first-order valence-corrected chi connectivity index (χ1v) is 12.4. The summed E-state index contributed by atoms with van der Waals surface area (Å²) in [6.45, 7) is 4.74. The molecule has 0 bridgehead atoms. The average Bonchev–Trinajstić information content (AvgIpc) is 3.41. The summed E-state index contributed by atoms with van der Waals surface area (Å²) in [6.07, 6.45) is 3.15. The van der Waals surface area contributed by atoms with Gasteiger partial charge in [-0.05, 0) is 50.8 Å². The number of rotatable bonds is 4. The molecular formula is C24H29N5O3S. The molecule has 8 nitrogen and oxygen atoms in total. The third kappa shape index (κ3) is 4.47. The molecule has 174 valence electrons. The van der Waals surface area contributed by atoms with Crippen molar-refractivity contribution >= 4 is 33.6 Å². The van der Waals surface area contributed by atoms with E-state index < -0.39 is 6.09 Å². The molecule has 5 rings (SSSR count). The number of hydrogen-bond acceptors (Lipinski definition) is 5. The van der Waals surface area contributed by atoms with Crippen LogP contribution in [0.3, 0.4) is 0 Å². The van der Waals surface area contributed by atoms with Crippen molar-refractivity contribution in [3.63, 3.8) is 0 Å². The van der Waals surface area contributed by atoms with Crippen molar-refractivity contribution in [2.24, 2.45) is 0 Å². The normalized spacial score (nSPS) is 21.9. The van der Waals surface area contributed by atoms with Crippen LogP contribution in [0.5, 0.6) is 0 Å². The highest BCUT2D eigenvalue weighted by molar-refractivity contribution is 7.20. The summed E-state index contributed by atoms with van der Waals surface area (Å²) in [5.41, 5.74) is 1.92. The van der Waals surface area contributed by atoms with E-state index >= 15 is 0 Å². The summed E-state index contributed by atoms with van der Waals surface area (Å²) in [7, 11) is 0. The van der Waals surface area contributed by atoms with Gasteiger partial charge in [-0.2, -0.15) is 5.10 Å². The van der Waals surface area contributed by atoms with Crippen LogP contribution in [0.25, 0.3) is 15.9 Å². The number of para-hydroxylation sites is 1. The first kappa shape index (κ1) is 21.9. The number of carboxylic acid groups (broad SMARTS) is 1. The number of aryl methyl sites for hydroxylation is 1. The summed E-state index contributed by atoms with van der Waals surface area (Å²) >= 11 is 1.49. The molecule has 2 aromatic heterocycles. The van der Waals surface area contributed by atoms with Gasteiger partial charge in [0.2, 0.25) is 0 Å². The van der Waals surface area contributed by atoms with Gasteiger partial charge < -0.3 is 15.3 Å². The molecule has 0 atom stereocenters. The van der Waals surface area contributed by atoms with E-state index in [9.17, 15) is 9.59 Å². The second kappa shape index (κ2) is 9.15. The average molecular weight is 468 g/mol. The molecule has 3 aromatic rings. The van der Waals surface area contributed by atoms with Crippen molar-refractivity contribution < 1.29 is 14.7 Å². The Balaban J connectivity index is 1.19. The van der Waals surface area contributed by atoms with Crippen LogP contribution in [0, 0.1) is 6.92 Å². The SMILES string of the molecule is Cc1nn(-c2ccccc2)c2sc(C(=O)NC3CCC(N4CCN(C(=O)O)CC4)CC3)cc12. The Morgan fingerprint density at radius 1 is 1.06 bits per heavy atom. The zero-order valence-electron chi connectivity index (χ0n) is 18.7. The van der Waals surface area contributed by atoms with Gasteiger partial charge in [0, 0.05) is 43.6 Å². The number of benzene rings is 1. The molecule has 0 spiro atoms. The summed E-state index contributed by atoms with van der Waals surface area (Å²) in [5.74, 6) is -0.00580. The lowest BCUT2D eigenvalue weighted by Gasteiger charge is -2.41. The molecule has 3 heterocycles. The quantitative estimate of drug-likeness (QED) is 0.610. The lowest BCUT2D eigenvalue weighted by Crippen LogP contribution is -2.53. The topological polar surface area (TPSA) is 90.7 Å². The van der Waals surface area contributed by atoms with E-state index in [1.165, 1.54) is 16.2 Å². The van der Waals surface area contributed by atoms with Crippen LogP contribution >= 0.6 is 11.3 Å². The Morgan fingerprint density at radius 3 is 2.42 bits per heavy atom. The molecule has 0 unspecified atom stereocenters. The number of thiophene rings is 1. The van der Waals surface area contributed by atoms with E-state index in [2.05, 4.69) is 15.3 Å². The van der Waals surface area contributed by atoms with Crippen LogP contribution in [-0.4, -0.2) is 74.9 Å². The first-order valence-electron chi connectivity index (χ1n) is 11.6. The predicted molar refractivity (Wildman–Crippen MR) is 128 cm³/mol. The molecular weight excluding hydrogens is 438 g/mol. The van der Waals surface area contributed by atoms with Gasteiger partial charge in [0.1, 0.15) is 4.83 Å². The molecule has 9 heteroatoms. The van der Waals surface area contributed by atoms with Crippen LogP contribution in [0.2, 0.25) is 0 Å². The number of piperazine rings is 1. The fourth-order valence-electron chi connectivity index (χ4n) is 5.02. The summed E-state index contributed by atoms with van der Waals surface area (Å²) in [4.78, 5) is 29.8. The Kier molecular flexibility index (Phi) is 6.07. The second-order valence-electron chi connectivity index (χ2n) is 8.95. The van der Waals surface area contributed by atoms with E-state index in [-0.39, 0.29) is 11.9 Å².